The Balaban J connectivity index is 1.27. The number of nitrogens with zero attached hydrogens (tertiary/aromatic N) is 4. The Morgan fingerprint density at radius 2 is 0.750 bits per heavy atom. The topological polar surface area (TPSA) is 17.6 Å². The van der Waals surface area contributed by atoms with Gasteiger partial charge in [-0.1, -0.05) is 121 Å². The minimum Gasteiger partial charge on any atom is -0.225 e. The highest BCUT2D eigenvalue weighted by molar-refractivity contribution is 6.11. The molecule has 0 bridgehead atoms. The maximum absolute atomic E-state index is 2.42. The zero-order valence-electron chi connectivity index (χ0n) is 32.4. The van der Waals surface area contributed by atoms with Crippen LogP contribution in [0.1, 0.15) is 33.4 Å². The summed E-state index contributed by atoms with van der Waals surface area (Å²) in [5.41, 5.74) is 17.5. The van der Waals surface area contributed by atoms with Crippen LogP contribution in [0.4, 0.5) is 0 Å². The molecule has 0 spiro atoms. The standard InChI is InChI=1S/C52H44N4/c1-35-15-13-16-36(2)43(35)31-53-33-55(47-25-11-9-23-45(47)53)49-29-27-39-19-5-7-21-41(39)51(49)52-42-22-8-6-20-40(42)28-30-50(52)56-34-54(46-24-10-12-26-48(46)56)32-44-37(3)17-14-18-38(44)4/h5-30,33-34H,31-32H2,1-4H3/q+2. The lowest BCUT2D eigenvalue weighted by Gasteiger charge is -2.16. The molecule has 0 atom stereocenters. The third-order valence-corrected chi connectivity index (χ3v) is 11.9. The molecule has 8 aromatic carbocycles. The van der Waals surface area contributed by atoms with Gasteiger partial charge in [0, 0.05) is 11.1 Å². The number of benzene rings is 8. The van der Waals surface area contributed by atoms with Gasteiger partial charge in [-0.05, 0) is 119 Å². The molecule has 10 aromatic rings. The Labute approximate surface area is 327 Å². The molecule has 0 amide bonds. The van der Waals surface area contributed by atoms with Gasteiger partial charge in [-0.15, -0.1) is 0 Å². The molecule has 0 aliphatic heterocycles. The van der Waals surface area contributed by atoms with E-state index in [-0.39, 0.29) is 0 Å². The van der Waals surface area contributed by atoms with Crippen molar-refractivity contribution in [3.63, 3.8) is 0 Å². The molecular weight excluding hydrogens is 681 g/mol. The number of imidazole rings is 2. The summed E-state index contributed by atoms with van der Waals surface area (Å²) < 4.78 is 9.68. The van der Waals surface area contributed by atoms with Crippen LogP contribution in [0.3, 0.4) is 0 Å². The maximum atomic E-state index is 2.42. The van der Waals surface area contributed by atoms with Crippen LogP contribution in [0.25, 0.3) is 66.1 Å². The SMILES string of the molecule is Cc1cccc(C)c1C[n+]1cn(-c2ccc3ccccc3c2-c2c(-n3c[n+](Cc4c(C)cccc4C)c4ccccc43)ccc3ccccc23)c2ccccc21. The largest absolute Gasteiger partial charge is 0.250 e. The predicted octanol–water partition coefficient (Wildman–Crippen LogP) is 11.5. The number of hydrogen-bond acceptors (Lipinski definition) is 0. The molecule has 0 fully saturated rings. The summed E-state index contributed by atoms with van der Waals surface area (Å²) in [5.74, 6) is 0. The van der Waals surface area contributed by atoms with E-state index < -0.39 is 0 Å². The van der Waals surface area contributed by atoms with Gasteiger partial charge in [0.25, 0.3) is 0 Å². The Hall–Kier alpha value is -6.78. The lowest BCUT2D eigenvalue weighted by atomic mass is 9.90. The van der Waals surface area contributed by atoms with E-state index >= 15 is 0 Å². The molecule has 0 aliphatic carbocycles. The number of aromatic nitrogens is 4. The predicted molar refractivity (Wildman–Crippen MR) is 231 cm³/mol. The fraction of sp³-hybridized carbons (Fsp3) is 0.115. The van der Waals surface area contributed by atoms with Crippen LogP contribution in [0.2, 0.25) is 0 Å². The molecule has 2 heterocycles. The zero-order valence-corrected chi connectivity index (χ0v) is 32.4. The van der Waals surface area contributed by atoms with Crippen LogP contribution in [0.5, 0.6) is 0 Å². The van der Waals surface area contributed by atoms with Crippen molar-refractivity contribution in [2.45, 2.75) is 40.8 Å². The number of para-hydroxylation sites is 4. The van der Waals surface area contributed by atoms with Crippen molar-refractivity contribution in [2.75, 3.05) is 0 Å². The van der Waals surface area contributed by atoms with E-state index in [0.717, 1.165) is 24.5 Å². The van der Waals surface area contributed by atoms with Gasteiger partial charge in [-0.2, -0.15) is 9.13 Å². The summed E-state index contributed by atoms with van der Waals surface area (Å²) in [6.45, 7) is 10.5. The summed E-state index contributed by atoms with van der Waals surface area (Å²) >= 11 is 0. The molecule has 0 radical (unpaired) electrons. The molecule has 0 aliphatic rings. The highest BCUT2D eigenvalue weighted by Gasteiger charge is 2.28. The fourth-order valence-electron chi connectivity index (χ4n) is 8.97. The quantitative estimate of drug-likeness (QED) is 0.146. The lowest BCUT2D eigenvalue weighted by molar-refractivity contribution is -0.663. The molecule has 56 heavy (non-hydrogen) atoms. The van der Waals surface area contributed by atoms with Crippen molar-refractivity contribution in [1.82, 2.24) is 9.13 Å². The minimum atomic E-state index is 0.796. The summed E-state index contributed by atoms with van der Waals surface area (Å²) in [6.07, 6.45) is 4.64. The van der Waals surface area contributed by atoms with Gasteiger partial charge in [-0.25, -0.2) is 9.13 Å². The molecule has 10 rings (SSSR count). The van der Waals surface area contributed by atoms with Crippen LogP contribution < -0.4 is 9.13 Å². The Kier molecular flexibility index (Phi) is 8.14. The molecule has 2 aromatic heterocycles. The number of hydrogen-bond donors (Lipinski definition) is 0. The van der Waals surface area contributed by atoms with Gasteiger partial charge < -0.3 is 0 Å². The second kappa shape index (κ2) is 13.5. The normalized spacial score (nSPS) is 11.7. The minimum absolute atomic E-state index is 0.796. The molecule has 0 saturated carbocycles. The van der Waals surface area contributed by atoms with Crippen LogP contribution in [0.15, 0.2) is 170 Å². The smallest absolute Gasteiger partial charge is 0.225 e. The van der Waals surface area contributed by atoms with Gasteiger partial charge in [0.15, 0.2) is 22.1 Å². The number of rotatable bonds is 7. The van der Waals surface area contributed by atoms with Gasteiger partial charge in [0.2, 0.25) is 12.7 Å². The highest BCUT2D eigenvalue weighted by Crippen LogP contribution is 2.43. The summed E-state index contributed by atoms with van der Waals surface area (Å²) in [5, 5.41) is 4.88. The van der Waals surface area contributed by atoms with Crippen LogP contribution in [-0.2, 0) is 13.1 Å². The third kappa shape index (κ3) is 5.52. The monoisotopic (exact) mass is 724 g/mol. The van der Waals surface area contributed by atoms with Gasteiger partial charge in [-0.3, -0.25) is 0 Å². The van der Waals surface area contributed by atoms with Crippen molar-refractivity contribution in [1.29, 1.82) is 0 Å². The average Bonchev–Trinajstić information content (AvgIpc) is 3.78. The Morgan fingerprint density at radius 3 is 1.18 bits per heavy atom. The maximum Gasteiger partial charge on any atom is 0.250 e. The zero-order chi connectivity index (χ0) is 37.9. The third-order valence-electron chi connectivity index (χ3n) is 11.9. The van der Waals surface area contributed by atoms with Crippen molar-refractivity contribution in [3.8, 4) is 22.5 Å². The second-order valence-electron chi connectivity index (χ2n) is 15.3. The fourth-order valence-corrected chi connectivity index (χ4v) is 8.97. The summed E-state index contributed by atoms with van der Waals surface area (Å²) in [7, 11) is 0. The van der Waals surface area contributed by atoms with E-state index in [2.05, 4.69) is 216 Å². The first-order valence-electron chi connectivity index (χ1n) is 19.6. The lowest BCUT2D eigenvalue weighted by Crippen LogP contribution is -2.33. The second-order valence-corrected chi connectivity index (χ2v) is 15.3. The van der Waals surface area contributed by atoms with Crippen molar-refractivity contribution >= 4 is 43.6 Å². The van der Waals surface area contributed by atoms with Crippen molar-refractivity contribution in [2.24, 2.45) is 0 Å². The van der Waals surface area contributed by atoms with E-state index in [1.165, 1.54) is 88.1 Å². The van der Waals surface area contributed by atoms with E-state index in [1.807, 2.05) is 0 Å². The molecule has 0 N–H and O–H groups in total. The molecule has 0 saturated heterocycles. The van der Waals surface area contributed by atoms with E-state index in [1.54, 1.807) is 0 Å². The van der Waals surface area contributed by atoms with Crippen molar-refractivity contribution < 1.29 is 9.13 Å². The first kappa shape index (κ1) is 33.8. The van der Waals surface area contributed by atoms with Crippen LogP contribution in [-0.4, -0.2) is 9.13 Å². The van der Waals surface area contributed by atoms with E-state index in [4.69, 9.17) is 0 Å². The molecule has 270 valence electrons. The van der Waals surface area contributed by atoms with Crippen LogP contribution >= 0.6 is 0 Å². The molecule has 4 nitrogen and oxygen atoms in total. The van der Waals surface area contributed by atoms with Gasteiger partial charge in [0.1, 0.15) is 24.5 Å². The Morgan fingerprint density at radius 1 is 0.375 bits per heavy atom. The number of aryl methyl sites for hydroxylation is 4. The molecule has 4 heteroatoms. The highest BCUT2D eigenvalue weighted by atomic mass is 15.2. The number of fused-ring (bicyclic) bond motifs is 4. The van der Waals surface area contributed by atoms with Crippen LogP contribution in [0, 0.1) is 27.7 Å². The summed E-state index contributed by atoms with van der Waals surface area (Å²) in [6, 6.07) is 57.8. The summed E-state index contributed by atoms with van der Waals surface area (Å²) in [4.78, 5) is 0. The molecular formula is C52H44N4+2. The average molecular weight is 725 g/mol. The van der Waals surface area contributed by atoms with Gasteiger partial charge in [0.05, 0.1) is 0 Å². The first-order valence-corrected chi connectivity index (χ1v) is 19.6. The Bertz CT molecular complexity index is 2890. The molecule has 0 unspecified atom stereocenters. The van der Waals surface area contributed by atoms with Gasteiger partial charge >= 0.3 is 0 Å². The van der Waals surface area contributed by atoms with E-state index in [9.17, 15) is 0 Å². The van der Waals surface area contributed by atoms with Crippen molar-refractivity contribution in [3.05, 3.63) is 204 Å². The first-order chi connectivity index (χ1) is 27.4. The van der Waals surface area contributed by atoms with E-state index in [0.29, 0.717) is 0 Å².